The first-order chi connectivity index (χ1) is 9.70. The lowest BCUT2D eigenvalue weighted by molar-refractivity contribution is -0.126. The molecule has 3 heteroatoms. The number of nitrogens with one attached hydrogen (secondary N) is 1. The summed E-state index contributed by atoms with van der Waals surface area (Å²) in [5.74, 6) is 1.92. The molecule has 0 aromatic carbocycles. The summed E-state index contributed by atoms with van der Waals surface area (Å²) in [5.41, 5.74) is 6.07. The predicted octanol–water partition coefficient (Wildman–Crippen LogP) is 3.23. The lowest BCUT2D eigenvalue weighted by Gasteiger charge is -2.26. The molecular weight excluding hydrogens is 248 g/mol. The molecule has 0 aromatic heterocycles. The number of hydrogen-bond donors (Lipinski definition) is 2. The van der Waals surface area contributed by atoms with Crippen molar-refractivity contribution < 1.29 is 4.79 Å². The maximum absolute atomic E-state index is 12.4. The van der Waals surface area contributed by atoms with Gasteiger partial charge >= 0.3 is 0 Å². The SMILES string of the molecule is CCCC(CC1CCCCC1)C(=O)NCC(N)C1CC1. The summed E-state index contributed by atoms with van der Waals surface area (Å²) in [6.45, 7) is 2.85. The van der Waals surface area contributed by atoms with Crippen LogP contribution in [0.1, 0.15) is 71.1 Å². The van der Waals surface area contributed by atoms with Gasteiger partial charge < -0.3 is 11.1 Å². The van der Waals surface area contributed by atoms with Gasteiger partial charge in [0.1, 0.15) is 0 Å². The number of carbonyl (C=O) groups is 1. The highest BCUT2D eigenvalue weighted by Crippen LogP contribution is 2.32. The van der Waals surface area contributed by atoms with Crippen molar-refractivity contribution in [2.45, 2.75) is 77.2 Å². The summed E-state index contributed by atoms with van der Waals surface area (Å²) in [6, 6.07) is 0.177. The fraction of sp³-hybridized carbons (Fsp3) is 0.941. The summed E-state index contributed by atoms with van der Waals surface area (Å²) in [7, 11) is 0. The minimum atomic E-state index is 0.177. The third-order valence-corrected chi connectivity index (χ3v) is 5.09. The summed E-state index contributed by atoms with van der Waals surface area (Å²) in [5, 5.41) is 3.11. The van der Waals surface area contributed by atoms with Crippen molar-refractivity contribution in [2.24, 2.45) is 23.5 Å². The van der Waals surface area contributed by atoms with Gasteiger partial charge in [0.15, 0.2) is 0 Å². The first-order valence-electron chi connectivity index (χ1n) is 8.74. The zero-order valence-electron chi connectivity index (χ0n) is 13.1. The quantitative estimate of drug-likeness (QED) is 0.717. The van der Waals surface area contributed by atoms with Crippen molar-refractivity contribution in [2.75, 3.05) is 6.54 Å². The molecular formula is C17H32N2O. The molecule has 2 fully saturated rings. The summed E-state index contributed by atoms with van der Waals surface area (Å²) in [4.78, 5) is 12.4. The van der Waals surface area contributed by atoms with Crippen LogP contribution in [0.3, 0.4) is 0 Å². The van der Waals surface area contributed by atoms with E-state index in [9.17, 15) is 4.79 Å². The van der Waals surface area contributed by atoms with E-state index in [0.717, 1.165) is 25.2 Å². The number of carbonyl (C=O) groups excluding carboxylic acids is 1. The first kappa shape index (κ1) is 15.8. The fourth-order valence-corrected chi connectivity index (χ4v) is 3.58. The highest BCUT2D eigenvalue weighted by molar-refractivity contribution is 5.78. The molecule has 2 atom stereocenters. The molecule has 2 saturated carbocycles. The van der Waals surface area contributed by atoms with Crippen LogP contribution in [0, 0.1) is 17.8 Å². The Morgan fingerprint density at radius 2 is 1.90 bits per heavy atom. The molecule has 1 amide bonds. The smallest absolute Gasteiger partial charge is 0.223 e. The second-order valence-electron chi connectivity index (χ2n) is 6.97. The fourth-order valence-electron chi connectivity index (χ4n) is 3.58. The van der Waals surface area contributed by atoms with Crippen LogP contribution in [0.4, 0.5) is 0 Å². The van der Waals surface area contributed by atoms with Crippen LogP contribution in [0.5, 0.6) is 0 Å². The first-order valence-corrected chi connectivity index (χ1v) is 8.74. The van der Waals surface area contributed by atoms with Crippen LogP contribution in [0.15, 0.2) is 0 Å². The summed E-state index contributed by atoms with van der Waals surface area (Å²) >= 11 is 0. The zero-order chi connectivity index (χ0) is 14.4. The molecule has 0 saturated heterocycles. The van der Waals surface area contributed by atoms with Gasteiger partial charge in [-0.25, -0.2) is 0 Å². The third-order valence-electron chi connectivity index (χ3n) is 5.09. The van der Waals surface area contributed by atoms with Crippen molar-refractivity contribution in [1.29, 1.82) is 0 Å². The molecule has 20 heavy (non-hydrogen) atoms. The van der Waals surface area contributed by atoms with Gasteiger partial charge in [0.05, 0.1) is 0 Å². The normalized spacial score (nSPS) is 23.3. The highest BCUT2D eigenvalue weighted by atomic mass is 16.1. The minimum Gasteiger partial charge on any atom is -0.354 e. The second-order valence-corrected chi connectivity index (χ2v) is 6.97. The van der Waals surface area contributed by atoms with Gasteiger partial charge in [-0.05, 0) is 37.5 Å². The van der Waals surface area contributed by atoms with E-state index in [1.807, 2.05) is 0 Å². The Labute approximate surface area is 124 Å². The molecule has 0 aromatic rings. The molecule has 3 N–H and O–H groups in total. The molecule has 2 rings (SSSR count). The van der Waals surface area contributed by atoms with Gasteiger partial charge in [0.2, 0.25) is 5.91 Å². The number of nitrogens with two attached hydrogens (primary N) is 1. The second kappa shape index (κ2) is 8.02. The van der Waals surface area contributed by atoms with Crippen molar-refractivity contribution in [3.8, 4) is 0 Å². The maximum atomic E-state index is 12.4. The highest BCUT2D eigenvalue weighted by Gasteiger charge is 2.29. The van der Waals surface area contributed by atoms with Crippen LogP contribution < -0.4 is 11.1 Å². The molecule has 2 aliphatic carbocycles. The standard InChI is InChI=1S/C17H32N2O/c1-2-6-15(11-13-7-4-3-5-8-13)17(20)19-12-16(18)14-9-10-14/h13-16H,2-12,18H2,1H3,(H,19,20). The van der Waals surface area contributed by atoms with Gasteiger partial charge in [-0.3, -0.25) is 4.79 Å². The molecule has 0 radical (unpaired) electrons. The monoisotopic (exact) mass is 280 g/mol. The largest absolute Gasteiger partial charge is 0.354 e. The molecule has 0 heterocycles. The van der Waals surface area contributed by atoms with Crippen LogP contribution in [0.2, 0.25) is 0 Å². The number of amides is 1. The average Bonchev–Trinajstić information content (AvgIpc) is 3.29. The van der Waals surface area contributed by atoms with Gasteiger partial charge in [-0.2, -0.15) is 0 Å². The maximum Gasteiger partial charge on any atom is 0.223 e. The Bertz CT molecular complexity index is 295. The van der Waals surface area contributed by atoms with Crippen LogP contribution >= 0.6 is 0 Å². The van der Waals surface area contributed by atoms with E-state index in [4.69, 9.17) is 5.73 Å². The molecule has 0 spiro atoms. The van der Waals surface area contributed by atoms with E-state index in [1.165, 1.54) is 44.9 Å². The average molecular weight is 280 g/mol. The molecule has 0 bridgehead atoms. The van der Waals surface area contributed by atoms with Crippen molar-refractivity contribution in [1.82, 2.24) is 5.32 Å². The van der Waals surface area contributed by atoms with Crippen LogP contribution in [0.25, 0.3) is 0 Å². The Morgan fingerprint density at radius 3 is 2.50 bits per heavy atom. The summed E-state index contributed by atoms with van der Waals surface area (Å²) in [6.07, 6.45) is 12.5. The summed E-state index contributed by atoms with van der Waals surface area (Å²) < 4.78 is 0. The van der Waals surface area contributed by atoms with Crippen molar-refractivity contribution in [3.63, 3.8) is 0 Å². The van der Waals surface area contributed by atoms with E-state index in [1.54, 1.807) is 0 Å². The molecule has 116 valence electrons. The van der Waals surface area contributed by atoms with Crippen LogP contribution in [-0.4, -0.2) is 18.5 Å². The zero-order valence-corrected chi connectivity index (χ0v) is 13.1. The van der Waals surface area contributed by atoms with Crippen LogP contribution in [-0.2, 0) is 4.79 Å². The van der Waals surface area contributed by atoms with E-state index in [0.29, 0.717) is 12.5 Å². The van der Waals surface area contributed by atoms with Crippen molar-refractivity contribution in [3.05, 3.63) is 0 Å². The van der Waals surface area contributed by atoms with E-state index < -0.39 is 0 Å². The molecule has 0 aliphatic heterocycles. The Morgan fingerprint density at radius 1 is 1.20 bits per heavy atom. The Hall–Kier alpha value is -0.570. The van der Waals surface area contributed by atoms with Gasteiger partial charge in [-0.15, -0.1) is 0 Å². The van der Waals surface area contributed by atoms with E-state index in [-0.39, 0.29) is 17.9 Å². The molecule has 3 nitrogen and oxygen atoms in total. The van der Waals surface area contributed by atoms with Gasteiger partial charge in [-0.1, -0.05) is 45.4 Å². The van der Waals surface area contributed by atoms with Gasteiger partial charge in [0.25, 0.3) is 0 Å². The minimum absolute atomic E-state index is 0.177. The third kappa shape index (κ3) is 5.08. The number of rotatable bonds is 8. The Balaban J connectivity index is 1.74. The van der Waals surface area contributed by atoms with E-state index >= 15 is 0 Å². The van der Waals surface area contributed by atoms with E-state index in [2.05, 4.69) is 12.2 Å². The molecule has 2 aliphatic rings. The lowest BCUT2D eigenvalue weighted by Crippen LogP contribution is -2.41. The molecule has 2 unspecified atom stereocenters. The number of hydrogen-bond acceptors (Lipinski definition) is 2. The van der Waals surface area contributed by atoms with Crippen molar-refractivity contribution >= 4 is 5.91 Å². The predicted molar refractivity (Wildman–Crippen MR) is 83.3 cm³/mol. The topological polar surface area (TPSA) is 55.1 Å². The van der Waals surface area contributed by atoms with Gasteiger partial charge in [0, 0.05) is 18.5 Å². The lowest BCUT2D eigenvalue weighted by atomic mass is 9.81. The Kier molecular flexibility index (Phi) is 6.34.